The molecule has 0 saturated carbocycles. The second-order valence-corrected chi connectivity index (χ2v) is 9.04. The molecule has 0 bridgehead atoms. The lowest BCUT2D eigenvalue weighted by Crippen LogP contribution is -2.16. The molecule has 0 aliphatic heterocycles. The minimum Gasteiger partial charge on any atom is -0.406 e. The van der Waals surface area contributed by atoms with E-state index in [2.05, 4.69) is 29.6 Å². The van der Waals surface area contributed by atoms with Gasteiger partial charge in [0.25, 0.3) is 0 Å². The van der Waals surface area contributed by atoms with Crippen molar-refractivity contribution in [2.45, 2.75) is 59.7 Å². The van der Waals surface area contributed by atoms with Gasteiger partial charge < -0.3 is 4.74 Å². The summed E-state index contributed by atoms with van der Waals surface area (Å²) < 4.78 is 43.2. The van der Waals surface area contributed by atoms with Crippen LogP contribution in [0.1, 0.15) is 55.3 Å². The van der Waals surface area contributed by atoms with Crippen molar-refractivity contribution in [3.8, 4) is 26.9 Å². The van der Waals surface area contributed by atoms with Crippen LogP contribution >= 0.6 is 11.3 Å². The first kappa shape index (κ1) is 23.2. The van der Waals surface area contributed by atoms with Gasteiger partial charge in [0.15, 0.2) is 5.65 Å². The lowest BCUT2D eigenvalue weighted by atomic mass is 9.95. The number of aromatic nitrogens is 4. The van der Waals surface area contributed by atoms with Crippen LogP contribution in [-0.2, 0) is 0 Å². The zero-order valence-electron chi connectivity index (χ0n) is 19.1. The average Bonchev–Trinajstić information content (AvgIpc) is 3.27. The summed E-state index contributed by atoms with van der Waals surface area (Å²) in [5.41, 5.74) is 6.30. The van der Waals surface area contributed by atoms with Gasteiger partial charge in [0.2, 0.25) is 0 Å². The molecule has 0 spiro atoms. The number of imidazole rings is 1. The molecule has 4 aromatic rings. The Morgan fingerprint density at radius 1 is 1.00 bits per heavy atom. The lowest BCUT2D eigenvalue weighted by Gasteiger charge is -2.14. The minimum atomic E-state index is -4.72. The molecule has 3 heterocycles. The predicted molar refractivity (Wildman–Crippen MR) is 124 cm³/mol. The maximum Gasteiger partial charge on any atom is 0.573 e. The molecule has 3 aromatic heterocycles. The maximum atomic E-state index is 12.4. The van der Waals surface area contributed by atoms with Crippen LogP contribution in [0.5, 0.6) is 5.75 Å². The zero-order chi connectivity index (χ0) is 23.9. The fourth-order valence-electron chi connectivity index (χ4n) is 4.11. The molecule has 0 radical (unpaired) electrons. The Balaban J connectivity index is 1.78. The van der Waals surface area contributed by atoms with Crippen LogP contribution in [0, 0.1) is 20.8 Å². The number of ether oxygens (including phenoxy) is 1. The third kappa shape index (κ3) is 4.59. The van der Waals surface area contributed by atoms with Crippen molar-refractivity contribution >= 4 is 17.0 Å². The van der Waals surface area contributed by atoms with Gasteiger partial charge in [-0.3, -0.25) is 0 Å². The SMILES string of the molecule is CCC(CC)c1cc(C)nn2c(-c3sc(-c4ccc(OC(F)(F)F)cc4)nc3C)c(C)nc12. The summed E-state index contributed by atoms with van der Waals surface area (Å²) in [7, 11) is 0. The molecule has 0 fully saturated rings. The number of aryl methyl sites for hydroxylation is 3. The van der Waals surface area contributed by atoms with Crippen molar-refractivity contribution in [3.63, 3.8) is 0 Å². The number of halogens is 3. The maximum absolute atomic E-state index is 12.4. The quantitative estimate of drug-likeness (QED) is 0.295. The van der Waals surface area contributed by atoms with E-state index in [9.17, 15) is 13.2 Å². The Morgan fingerprint density at radius 2 is 1.67 bits per heavy atom. The van der Waals surface area contributed by atoms with Gasteiger partial charge >= 0.3 is 6.36 Å². The number of hydrogen-bond donors (Lipinski definition) is 0. The van der Waals surface area contributed by atoms with Crippen molar-refractivity contribution in [1.29, 1.82) is 0 Å². The predicted octanol–water partition coefficient (Wildman–Crippen LogP) is 7.25. The number of benzene rings is 1. The summed E-state index contributed by atoms with van der Waals surface area (Å²) in [6, 6.07) is 7.88. The Hall–Kier alpha value is -2.94. The highest BCUT2D eigenvalue weighted by atomic mass is 32.1. The summed E-state index contributed by atoms with van der Waals surface area (Å²) in [6.45, 7) is 10.2. The molecule has 0 amide bonds. The highest BCUT2D eigenvalue weighted by molar-refractivity contribution is 7.18. The van der Waals surface area contributed by atoms with Crippen molar-refractivity contribution in [2.75, 3.05) is 0 Å². The molecule has 0 aliphatic carbocycles. The molecule has 33 heavy (non-hydrogen) atoms. The largest absolute Gasteiger partial charge is 0.573 e. The van der Waals surface area contributed by atoms with Gasteiger partial charge in [-0.25, -0.2) is 14.5 Å². The minimum absolute atomic E-state index is 0.258. The number of rotatable bonds is 6. The number of thiazole rings is 1. The van der Waals surface area contributed by atoms with Crippen molar-refractivity contribution < 1.29 is 17.9 Å². The van der Waals surface area contributed by atoms with Crippen molar-refractivity contribution in [2.24, 2.45) is 0 Å². The van der Waals surface area contributed by atoms with Crippen LogP contribution in [0.4, 0.5) is 13.2 Å². The molecule has 0 unspecified atom stereocenters. The van der Waals surface area contributed by atoms with Gasteiger partial charge in [0, 0.05) is 11.1 Å². The molecule has 5 nitrogen and oxygen atoms in total. The van der Waals surface area contributed by atoms with E-state index < -0.39 is 6.36 Å². The second kappa shape index (κ2) is 8.78. The summed E-state index contributed by atoms with van der Waals surface area (Å²) in [5.74, 6) is 0.144. The first-order chi connectivity index (χ1) is 15.6. The fraction of sp³-hybridized carbons (Fsp3) is 0.375. The fourth-order valence-corrected chi connectivity index (χ4v) is 5.26. The summed E-state index contributed by atoms with van der Waals surface area (Å²) in [4.78, 5) is 10.5. The van der Waals surface area contributed by atoms with E-state index in [0.717, 1.165) is 51.7 Å². The third-order valence-electron chi connectivity index (χ3n) is 5.68. The average molecular weight is 475 g/mol. The number of hydrogen-bond acceptors (Lipinski definition) is 5. The summed E-state index contributed by atoms with van der Waals surface area (Å²) in [5, 5.41) is 5.47. The topological polar surface area (TPSA) is 52.3 Å². The Labute approximate surface area is 194 Å². The molecule has 0 N–H and O–H groups in total. The Morgan fingerprint density at radius 3 is 2.27 bits per heavy atom. The summed E-state index contributed by atoms with van der Waals surface area (Å²) >= 11 is 1.47. The molecule has 0 atom stereocenters. The van der Waals surface area contributed by atoms with Gasteiger partial charge in [-0.1, -0.05) is 13.8 Å². The molecule has 1 aromatic carbocycles. The molecule has 0 aliphatic rings. The highest BCUT2D eigenvalue weighted by Crippen LogP contribution is 2.39. The molecule has 0 saturated heterocycles. The summed E-state index contributed by atoms with van der Waals surface area (Å²) in [6.07, 6.45) is -2.67. The van der Waals surface area contributed by atoms with E-state index in [1.807, 2.05) is 25.3 Å². The van der Waals surface area contributed by atoms with Crippen LogP contribution in [0.3, 0.4) is 0 Å². The van der Waals surface area contributed by atoms with E-state index in [1.165, 1.54) is 29.0 Å². The monoisotopic (exact) mass is 474 g/mol. The first-order valence-electron chi connectivity index (χ1n) is 10.8. The van der Waals surface area contributed by atoms with Gasteiger partial charge in [0.05, 0.1) is 22.0 Å². The second-order valence-electron chi connectivity index (χ2n) is 8.04. The number of fused-ring (bicyclic) bond motifs is 1. The van der Waals surface area contributed by atoms with Crippen molar-refractivity contribution in [3.05, 3.63) is 53.0 Å². The Bertz CT molecular complexity index is 1290. The van der Waals surface area contributed by atoms with Gasteiger partial charge in [0.1, 0.15) is 16.5 Å². The van der Waals surface area contributed by atoms with E-state index in [0.29, 0.717) is 10.9 Å². The smallest absolute Gasteiger partial charge is 0.406 e. The van der Waals surface area contributed by atoms with Crippen LogP contribution in [0.25, 0.3) is 26.8 Å². The zero-order valence-corrected chi connectivity index (χ0v) is 19.9. The lowest BCUT2D eigenvalue weighted by molar-refractivity contribution is -0.274. The van der Waals surface area contributed by atoms with E-state index in [4.69, 9.17) is 10.1 Å². The molecule has 174 valence electrons. The third-order valence-corrected chi connectivity index (χ3v) is 6.89. The van der Waals surface area contributed by atoms with Crippen LogP contribution < -0.4 is 4.74 Å². The normalized spacial score (nSPS) is 12.2. The molecular weight excluding hydrogens is 449 g/mol. The van der Waals surface area contributed by atoms with Crippen LogP contribution in [0.2, 0.25) is 0 Å². The van der Waals surface area contributed by atoms with E-state index in [1.54, 1.807) is 12.1 Å². The van der Waals surface area contributed by atoms with Crippen LogP contribution in [0.15, 0.2) is 30.3 Å². The van der Waals surface area contributed by atoms with E-state index >= 15 is 0 Å². The van der Waals surface area contributed by atoms with Gasteiger partial charge in [-0.15, -0.1) is 24.5 Å². The van der Waals surface area contributed by atoms with Gasteiger partial charge in [-0.2, -0.15) is 5.10 Å². The number of nitrogens with zero attached hydrogens (tertiary/aromatic N) is 4. The Kier molecular flexibility index (Phi) is 6.18. The molecule has 4 rings (SSSR count). The number of alkyl halides is 3. The standard InChI is InChI=1S/C24H25F3N4OS/c1-6-16(7-2)19-12-13(3)30-31-20(14(4)28-22(19)31)21-15(5)29-23(33-21)17-8-10-18(11-9-17)32-24(25,26)27/h8-12,16H,6-7H2,1-5H3. The molecule has 9 heteroatoms. The van der Waals surface area contributed by atoms with E-state index in [-0.39, 0.29) is 5.75 Å². The van der Waals surface area contributed by atoms with Crippen molar-refractivity contribution in [1.82, 2.24) is 19.6 Å². The first-order valence-corrected chi connectivity index (χ1v) is 11.6. The van der Waals surface area contributed by atoms with Crippen LogP contribution in [-0.4, -0.2) is 25.9 Å². The van der Waals surface area contributed by atoms with Gasteiger partial charge in [-0.05, 0) is 69.9 Å². The highest BCUT2D eigenvalue weighted by Gasteiger charge is 2.31. The molecular formula is C24H25F3N4OS.